The molecule has 0 aromatic heterocycles. The van der Waals surface area contributed by atoms with Crippen LogP contribution in [0, 0.1) is 5.92 Å². The minimum absolute atomic E-state index is 0.171. The first-order valence-electron chi connectivity index (χ1n) is 5.10. The average Bonchev–Trinajstić information content (AvgIpc) is 2.18. The first kappa shape index (κ1) is 10.4. The summed E-state index contributed by atoms with van der Waals surface area (Å²) in [7, 11) is 1.44. The van der Waals surface area contributed by atoms with Crippen molar-refractivity contribution >= 4 is 6.09 Å². The number of likely N-dealkylation sites (tertiary alicyclic amines) is 1. The lowest BCUT2D eigenvalue weighted by molar-refractivity contribution is 0.105. The summed E-state index contributed by atoms with van der Waals surface area (Å²) in [6.45, 7) is 3.96. The zero-order valence-electron chi connectivity index (χ0n) is 8.58. The molecule has 13 heavy (non-hydrogen) atoms. The van der Waals surface area contributed by atoms with Crippen molar-refractivity contribution in [2.45, 2.75) is 32.6 Å². The van der Waals surface area contributed by atoms with Gasteiger partial charge in [0.15, 0.2) is 0 Å². The van der Waals surface area contributed by atoms with Gasteiger partial charge in [0.05, 0.1) is 7.11 Å². The van der Waals surface area contributed by atoms with Crippen LogP contribution in [-0.2, 0) is 4.74 Å². The van der Waals surface area contributed by atoms with Gasteiger partial charge >= 0.3 is 6.09 Å². The third-order valence-electron chi connectivity index (χ3n) is 2.74. The molecule has 76 valence electrons. The summed E-state index contributed by atoms with van der Waals surface area (Å²) in [6.07, 6.45) is 4.67. The molecular weight excluding hydrogens is 166 g/mol. The van der Waals surface area contributed by atoms with E-state index in [9.17, 15) is 4.79 Å². The highest BCUT2D eigenvalue weighted by atomic mass is 16.5. The second-order valence-electron chi connectivity index (χ2n) is 3.69. The molecule has 1 aliphatic heterocycles. The number of ether oxygens (including phenoxy) is 1. The number of carbonyl (C=O) groups is 1. The third kappa shape index (κ3) is 2.90. The Hall–Kier alpha value is -0.730. The van der Waals surface area contributed by atoms with Crippen molar-refractivity contribution in [3.8, 4) is 0 Å². The SMILES string of the molecule is CCCC1CCN(C(=O)OC)CC1. The van der Waals surface area contributed by atoms with Crippen LogP contribution < -0.4 is 0 Å². The average molecular weight is 185 g/mol. The smallest absolute Gasteiger partial charge is 0.409 e. The van der Waals surface area contributed by atoms with Gasteiger partial charge in [-0.15, -0.1) is 0 Å². The van der Waals surface area contributed by atoms with Crippen LogP contribution in [0.3, 0.4) is 0 Å². The number of piperidine rings is 1. The van der Waals surface area contributed by atoms with E-state index in [1.54, 1.807) is 4.90 Å². The molecule has 0 aromatic carbocycles. The fourth-order valence-electron chi connectivity index (χ4n) is 1.94. The van der Waals surface area contributed by atoms with Gasteiger partial charge in [-0.3, -0.25) is 0 Å². The molecule has 0 N–H and O–H groups in total. The van der Waals surface area contributed by atoms with Gasteiger partial charge in [0.25, 0.3) is 0 Å². The molecule has 3 heteroatoms. The van der Waals surface area contributed by atoms with E-state index in [0.29, 0.717) is 0 Å². The lowest BCUT2D eigenvalue weighted by Gasteiger charge is -2.30. The standard InChI is InChI=1S/C10H19NO2/c1-3-4-9-5-7-11(8-6-9)10(12)13-2/h9H,3-8H2,1-2H3. The van der Waals surface area contributed by atoms with Crippen LogP contribution in [-0.4, -0.2) is 31.2 Å². The second-order valence-corrected chi connectivity index (χ2v) is 3.69. The Balaban J connectivity index is 2.26. The third-order valence-corrected chi connectivity index (χ3v) is 2.74. The number of amides is 1. The highest BCUT2D eigenvalue weighted by molar-refractivity contribution is 5.67. The first-order valence-corrected chi connectivity index (χ1v) is 5.10. The maximum Gasteiger partial charge on any atom is 0.409 e. The lowest BCUT2D eigenvalue weighted by Crippen LogP contribution is -2.38. The number of methoxy groups -OCH3 is 1. The molecule has 0 spiro atoms. The Labute approximate surface area is 80.1 Å². The molecule has 1 fully saturated rings. The molecule has 0 saturated carbocycles. The minimum atomic E-state index is -0.171. The van der Waals surface area contributed by atoms with Gasteiger partial charge in [0, 0.05) is 13.1 Å². The highest BCUT2D eigenvalue weighted by Crippen LogP contribution is 2.21. The molecule has 0 aliphatic carbocycles. The summed E-state index contributed by atoms with van der Waals surface area (Å²) in [5.41, 5.74) is 0. The van der Waals surface area contributed by atoms with Gasteiger partial charge in [0.2, 0.25) is 0 Å². The maximum atomic E-state index is 11.1. The number of hydrogen-bond donors (Lipinski definition) is 0. The van der Waals surface area contributed by atoms with Crippen LogP contribution in [0.15, 0.2) is 0 Å². The molecule has 1 amide bonds. The molecule has 1 aliphatic rings. The zero-order chi connectivity index (χ0) is 9.68. The topological polar surface area (TPSA) is 29.5 Å². The van der Waals surface area contributed by atoms with E-state index >= 15 is 0 Å². The highest BCUT2D eigenvalue weighted by Gasteiger charge is 2.22. The van der Waals surface area contributed by atoms with Crippen molar-refractivity contribution in [3.63, 3.8) is 0 Å². The molecule has 1 heterocycles. The van der Waals surface area contributed by atoms with Gasteiger partial charge < -0.3 is 9.64 Å². The Bertz CT molecular complexity index is 162. The molecule has 1 rings (SSSR count). The van der Waals surface area contributed by atoms with Crippen LogP contribution >= 0.6 is 0 Å². The van der Waals surface area contributed by atoms with Crippen LogP contribution in [0.5, 0.6) is 0 Å². The van der Waals surface area contributed by atoms with Gasteiger partial charge in [-0.1, -0.05) is 19.8 Å². The van der Waals surface area contributed by atoms with E-state index in [-0.39, 0.29) is 6.09 Å². The quantitative estimate of drug-likeness (QED) is 0.660. The van der Waals surface area contributed by atoms with Gasteiger partial charge in [-0.05, 0) is 18.8 Å². The summed E-state index contributed by atoms with van der Waals surface area (Å²) in [5, 5.41) is 0. The summed E-state index contributed by atoms with van der Waals surface area (Å²) in [6, 6.07) is 0. The van der Waals surface area contributed by atoms with Crippen molar-refractivity contribution in [1.82, 2.24) is 4.90 Å². The number of rotatable bonds is 2. The van der Waals surface area contributed by atoms with Crippen LogP contribution in [0.4, 0.5) is 4.79 Å². The lowest BCUT2D eigenvalue weighted by atomic mass is 9.93. The largest absolute Gasteiger partial charge is 0.453 e. The predicted octanol–water partition coefficient (Wildman–Crippen LogP) is 2.26. The predicted molar refractivity (Wildman–Crippen MR) is 51.6 cm³/mol. The number of hydrogen-bond acceptors (Lipinski definition) is 2. The fourth-order valence-corrected chi connectivity index (χ4v) is 1.94. The minimum Gasteiger partial charge on any atom is -0.453 e. The molecule has 0 radical (unpaired) electrons. The van der Waals surface area contributed by atoms with Crippen molar-refractivity contribution in [2.75, 3.05) is 20.2 Å². The van der Waals surface area contributed by atoms with Crippen LogP contribution in [0.2, 0.25) is 0 Å². The van der Waals surface area contributed by atoms with E-state index in [1.807, 2.05) is 0 Å². The van der Waals surface area contributed by atoms with Crippen molar-refractivity contribution in [2.24, 2.45) is 5.92 Å². The molecule has 0 bridgehead atoms. The van der Waals surface area contributed by atoms with Crippen molar-refractivity contribution in [1.29, 1.82) is 0 Å². The zero-order valence-corrected chi connectivity index (χ0v) is 8.58. The van der Waals surface area contributed by atoms with Gasteiger partial charge in [0.1, 0.15) is 0 Å². The molecule has 3 nitrogen and oxygen atoms in total. The van der Waals surface area contributed by atoms with Crippen molar-refractivity contribution < 1.29 is 9.53 Å². The summed E-state index contributed by atoms with van der Waals surface area (Å²) in [5.74, 6) is 0.825. The fraction of sp³-hybridized carbons (Fsp3) is 0.900. The van der Waals surface area contributed by atoms with Gasteiger partial charge in [-0.2, -0.15) is 0 Å². The van der Waals surface area contributed by atoms with E-state index in [4.69, 9.17) is 0 Å². The molecule has 1 saturated heterocycles. The molecular formula is C10H19NO2. The van der Waals surface area contributed by atoms with E-state index in [1.165, 1.54) is 20.0 Å². The Morgan fingerprint density at radius 1 is 1.46 bits per heavy atom. The number of nitrogens with zero attached hydrogens (tertiary/aromatic N) is 1. The Kier molecular flexibility index (Phi) is 4.06. The molecule has 0 aromatic rings. The second kappa shape index (κ2) is 5.10. The van der Waals surface area contributed by atoms with Crippen LogP contribution in [0.1, 0.15) is 32.6 Å². The van der Waals surface area contributed by atoms with Crippen molar-refractivity contribution in [3.05, 3.63) is 0 Å². The van der Waals surface area contributed by atoms with Crippen LogP contribution in [0.25, 0.3) is 0 Å². The first-order chi connectivity index (χ1) is 6.27. The van der Waals surface area contributed by atoms with Gasteiger partial charge in [-0.25, -0.2) is 4.79 Å². The maximum absolute atomic E-state index is 11.1. The monoisotopic (exact) mass is 185 g/mol. The molecule has 0 atom stereocenters. The van der Waals surface area contributed by atoms with E-state index in [2.05, 4.69) is 11.7 Å². The van der Waals surface area contributed by atoms with E-state index < -0.39 is 0 Å². The normalized spacial score (nSPS) is 18.8. The number of carbonyl (C=O) groups excluding carboxylic acids is 1. The van der Waals surface area contributed by atoms with E-state index in [0.717, 1.165) is 31.8 Å². The Morgan fingerprint density at radius 3 is 2.54 bits per heavy atom. The summed E-state index contributed by atoms with van der Waals surface area (Å²) >= 11 is 0. The Morgan fingerprint density at radius 2 is 2.08 bits per heavy atom. The molecule has 0 unspecified atom stereocenters. The summed E-state index contributed by atoms with van der Waals surface area (Å²) in [4.78, 5) is 12.9. The summed E-state index contributed by atoms with van der Waals surface area (Å²) < 4.78 is 4.67.